The van der Waals surface area contributed by atoms with Crippen LogP contribution in [0.25, 0.3) is 0 Å². The molecule has 2 aromatic carbocycles. The quantitative estimate of drug-likeness (QED) is 0.863. The molecule has 5 nitrogen and oxygen atoms in total. The zero-order valence-electron chi connectivity index (χ0n) is 12.9. The minimum Gasteiger partial charge on any atom is -0.457 e. The van der Waals surface area contributed by atoms with Gasteiger partial charge < -0.3 is 10.5 Å². The predicted molar refractivity (Wildman–Crippen MR) is 87.4 cm³/mol. The van der Waals surface area contributed by atoms with E-state index in [1.807, 2.05) is 48.5 Å². The summed E-state index contributed by atoms with van der Waals surface area (Å²) in [6, 6.07) is 14.3. The number of esters is 1. The maximum atomic E-state index is 12.1. The van der Waals surface area contributed by atoms with Gasteiger partial charge in [0.05, 0.1) is 11.4 Å². The van der Waals surface area contributed by atoms with E-state index in [1.165, 1.54) is 4.90 Å². The number of ether oxygens (including phenoxy) is 1. The summed E-state index contributed by atoms with van der Waals surface area (Å²) in [5.41, 5.74) is 8.69. The van der Waals surface area contributed by atoms with Crippen LogP contribution in [0.3, 0.4) is 0 Å². The Balaban J connectivity index is 2.18. The highest BCUT2D eigenvalue weighted by Crippen LogP contribution is 2.41. The molecule has 118 valence electrons. The number of nitrogens with two attached hydrogens (primary N) is 1. The molecule has 0 saturated heterocycles. The van der Waals surface area contributed by atoms with Crippen molar-refractivity contribution in [2.45, 2.75) is 25.9 Å². The summed E-state index contributed by atoms with van der Waals surface area (Å²) in [5, 5.41) is 0. The first-order valence-electron chi connectivity index (χ1n) is 7.57. The van der Waals surface area contributed by atoms with Crippen LogP contribution >= 0.6 is 0 Å². The molecule has 0 bridgehead atoms. The van der Waals surface area contributed by atoms with Crippen molar-refractivity contribution in [1.29, 1.82) is 0 Å². The number of benzene rings is 2. The number of fused-ring (bicyclic) bond motifs is 2. The Morgan fingerprint density at radius 3 is 2.48 bits per heavy atom. The van der Waals surface area contributed by atoms with Gasteiger partial charge in [0.1, 0.15) is 6.10 Å². The van der Waals surface area contributed by atoms with Crippen molar-refractivity contribution in [2.24, 2.45) is 5.73 Å². The van der Waals surface area contributed by atoms with E-state index in [4.69, 9.17) is 10.5 Å². The molecular formula is C18H18N2O3. The second-order valence-corrected chi connectivity index (χ2v) is 5.40. The highest BCUT2D eigenvalue weighted by Gasteiger charge is 2.30. The SMILES string of the molecule is CCC(=O)O[C@@H]1Cc2ccccc2N(C(N)=O)c2ccccc21. The van der Waals surface area contributed by atoms with Crippen molar-refractivity contribution in [1.82, 2.24) is 0 Å². The lowest BCUT2D eigenvalue weighted by Crippen LogP contribution is -2.32. The van der Waals surface area contributed by atoms with Gasteiger partial charge in [0.15, 0.2) is 0 Å². The largest absolute Gasteiger partial charge is 0.457 e. The van der Waals surface area contributed by atoms with Crippen LogP contribution in [0.2, 0.25) is 0 Å². The van der Waals surface area contributed by atoms with Gasteiger partial charge in [-0.2, -0.15) is 0 Å². The van der Waals surface area contributed by atoms with E-state index in [-0.39, 0.29) is 5.97 Å². The van der Waals surface area contributed by atoms with E-state index in [9.17, 15) is 9.59 Å². The second-order valence-electron chi connectivity index (χ2n) is 5.40. The normalized spacial score (nSPS) is 16.0. The van der Waals surface area contributed by atoms with Gasteiger partial charge >= 0.3 is 12.0 Å². The molecule has 5 heteroatoms. The summed E-state index contributed by atoms with van der Waals surface area (Å²) in [6.07, 6.45) is 0.367. The summed E-state index contributed by atoms with van der Waals surface area (Å²) in [6.45, 7) is 1.76. The molecule has 3 rings (SSSR count). The molecule has 23 heavy (non-hydrogen) atoms. The smallest absolute Gasteiger partial charge is 0.323 e. The van der Waals surface area contributed by atoms with Crippen LogP contribution in [0.1, 0.15) is 30.6 Å². The van der Waals surface area contributed by atoms with Crippen LogP contribution < -0.4 is 10.6 Å². The standard InChI is InChI=1S/C18H18N2O3/c1-2-17(21)23-16-11-12-7-3-5-9-14(12)20(18(19)22)15-10-6-4-8-13(15)16/h3-10,16H,2,11H2,1H3,(H2,19,22)/t16-/m1/s1. The van der Waals surface area contributed by atoms with E-state index < -0.39 is 12.1 Å². The fraction of sp³-hybridized carbons (Fsp3) is 0.222. The molecule has 1 heterocycles. The van der Waals surface area contributed by atoms with E-state index >= 15 is 0 Å². The molecule has 0 fully saturated rings. The highest BCUT2D eigenvalue weighted by molar-refractivity contribution is 6.00. The van der Waals surface area contributed by atoms with Crippen LogP contribution in [0.15, 0.2) is 48.5 Å². The van der Waals surface area contributed by atoms with Gasteiger partial charge in [0.2, 0.25) is 0 Å². The van der Waals surface area contributed by atoms with E-state index in [0.29, 0.717) is 18.5 Å². The number of nitrogens with zero attached hydrogens (tertiary/aromatic N) is 1. The maximum absolute atomic E-state index is 12.1. The van der Waals surface area contributed by atoms with Gasteiger partial charge in [0, 0.05) is 18.4 Å². The van der Waals surface area contributed by atoms with Crippen LogP contribution in [0.5, 0.6) is 0 Å². The minimum absolute atomic E-state index is 0.269. The predicted octanol–water partition coefficient (Wildman–Crippen LogP) is 3.45. The monoisotopic (exact) mass is 310 g/mol. The number of carbonyl (C=O) groups is 2. The molecule has 1 aliphatic heterocycles. The fourth-order valence-electron chi connectivity index (χ4n) is 2.89. The average molecular weight is 310 g/mol. The number of amides is 2. The number of hydrogen-bond acceptors (Lipinski definition) is 3. The molecule has 0 spiro atoms. The Bertz CT molecular complexity index is 757. The molecule has 2 N–H and O–H groups in total. The Morgan fingerprint density at radius 2 is 1.78 bits per heavy atom. The molecule has 2 aromatic rings. The molecular weight excluding hydrogens is 292 g/mol. The van der Waals surface area contributed by atoms with Crippen molar-refractivity contribution >= 4 is 23.4 Å². The first-order valence-corrected chi connectivity index (χ1v) is 7.57. The number of rotatable bonds is 2. The molecule has 0 unspecified atom stereocenters. The third-order valence-corrected chi connectivity index (χ3v) is 3.95. The summed E-state index contributed by atoms with van der Waals surface area (Å²) in [5.74, 6) is -0.269. The lowest BCUT2D eigenvalue weighted by molar-refractivity contribution is -0.149. The van der Waals surface area contributed by atoms with Gasteiger partial charge in [-0.15, -0.1) is 0 Å². The maximum Gasteiger partial charge on any atom is 0.323 e. The summed E-state index contributed by atoms with van der Waals surface area (Å²) in [4.78, 5) is 25.3. The van der Waals surface area contributed by atoms with Gasteiger partial charge in [-0.3, -0.25) is 9.69 Å². The van der Waals surface area contributed by atoms with Crippen LogP contribution in [0, 0.1) is 0 Å². The number of urea groups is 1. The summed E-state index contributed by atoms with van der Waals surface area (Å²) >= 11 is 0. The number of hydrogen-bond donors (Lipinski definition) is 1. The van der Waals surface area contributed by atoms with Gasteiger partial charge in [-0.25, -0.2) is 4.79 Å². The zero-order valence-corrected chi connectivity index (χ0v) is 12.9. The number of carbonyl (C=O) groups excluding carboxylic acids is 2. The molecule has 0 radical (unpaired) electrons. The number of primary amides is 1. The van der Waals surface area contributed by atoms with Crippen molar-refractivity contribution in [2.75, 3.05) is 4.90 Å². The lowest BCUT2D eigenvalue weighted by Gasteiger charge is -2.23. The Morgan fingerprint density at radius 1 is 1.13 bits per heavy atom. The first-order chi connectivity index (χ1) is 11.1. The second kappa shape index (κ2) is 6.12. The van der Waals surface area contributed by atoms with Crippen LogP contribution in [-0.4, -0.2) is 12.0 Å². The van der Waals surface area contributed by atoms with Crippen molar-refractivity contribution < 1.29 is 14.3 Å². The third-order valence-electron chi connectivity index (χ3n) is 3.95. The Kier molecular flexibility index (Phi) is 4.02. The number of para-hydroxylation sites is 2. The summed E-state index contributed by atoms with van der Waals surface area (Å²) < 4.78 is 5.61. The Labute approximate surface area is 134 Å². The minimum atomic E-state index is -0.563. The van der Waals surface area contributed by atoms with Gasteiger partial charge in [-0.05, 0) is 17.7 Å². The topological polar surface area (TPSA) is 72.6 Å². The van der Waals surface area contributed by atoms with Crippen molar-refractivity contribution in [3.8, 4) is 0 Å². The van der Waals surface area contributed by atoms with Gasteiger partial charge in [0.25, 0.3) is 0 Å². The van der Waals surface area contributed by atoms with Crippen molar-refractivity contribution in [3.05, 3.63) is 59.7 Å². The fourth-order valence-corrected chi connectivity index (χ4v) is 2.89. The van der Waals surface area contributed by atoms with Crippen molar-refractivity contribution in [3.63, 3.8) is 0 Å². The van der Waals surface area contributed by atoms with E-state index in [1.54, 1.807) is 6.92 Å². The average Bonchev–Trinajstić information content (AvgIpc) is 2.69. The zero-order chi connectivity index (χ0) is 16.4. The molecule has 2 amide bonds. The third kappa shape index (κ3) is 2.77. The molecule has 1 aliphatic rings. The van der Waals surface area contributed by atoms with E-state index in [0.717, 1.165) is 16.8 Å². The number of anilines is 2. The molecule has 0 saturated carbocycles. The Hall–Kier alpha value is -2.82. The highest BCUT2D eigenvalue weighted by atomic mass is 16.5. The molecule has 0 aromatic heterocycles. The van der Waals surface area contributed by atoms with Crippen LogP contribution in [0.4, 0.5) is 16.2 Å². The lowest BCUT2D eigenvalue weighted by atomic mass is 10.0. The van der Waals surface area contributed by atoms with E-state index in [2.05, 4.69) is 0 Å². The molecule has 0 aliphatic carbocycles. The van der Waals surface area contributed by atoms with Gasteiger partial charge in [-0.1, -0.05) is 43.3 Å². The molecule has 1 atom stereocenters. The summed E-state index contributed by atoms with van der Waals surface area (Å²) in [7, 11) is 0. The van der Waals surface area contributed by atoms with Crippen LogP contribution in [-0.2, 0) is 16.0 Å². The first kappa shape index (κ1) is 15.1.